The zero-order valence-corrected chi connectivity index (χ0v) is 6.07. The maximum atomic E-state index is 10.5. The van der Waals surface area contributed by atoms with Gasteiger partial charge < -0.3 is 4.74 Å². The molecule has 6 heteroatoms. The highest BCUT2D eigenvalue weighted by molar-refractivity contribution is 5.93. The quantitative estimate of drug-likeness (QED) is 0.368. The van der Waals surface area contributed by atoms with E-state index in [-0.39, 0.29) is 6.61 Å². The maximum Gasteiger partial charge on any atom is 0.415 e. The largest absolute Gasteiger partial charge is 0.445 e. The number of rotatable bonds is 2. The maximum absolute atomic E-state index is 10.5. The Morgan fingerprint density at radius 2 is 2.33 bits per heavy atom. The molecule has 0 aliphatic heterocycles. The molecule has 0 saturated heterocycles. The van der Waals surface area contributed by atoms with Gasteiger partial charge in [0, 0.05) is 0 Å². The van der Waals surface area contributed by atoms with E-state index in [1.54, 1.807) is 5.32 Å². The molecule has 0 fully saturated rings. The summed E-state index contributed by atoms with van der Waals surface area (Å²) in [6.45, 7) is 3.25. The Kier molecular flexibility index (Phi) is 4.88. The molecule has 6 nitrogen and oxygen atoms in total. The molecule has 0 unspecified atom stereocenters. The van der Waals surface area contributed by atoms with Gasteiger partial charge in [-0.3, -0.25) is 0 Å². The van der Waals surface area contributed by atoms with Crippen molar-refractivity contribution in [1.29, 1.82) is 0 Å². The van der Waals surface area contributed by atoms with Crippen LogP contribution in [0.25, 0.3) is 0 Å². The number of hydrogen-bond donors (Lipinski definition) is 1. The van der Waals surface area contributed by atoms with Crippen LogP contribution >= 0.6 is 0 Å². The molecule has 0 heterocycles. The number of isocyanates is 1. The number of aliphatic imine (C=N–C) groups is 1. The number of imide groups is 1. The van der Waals surface area contributed by atoms with E-state index in [2.05, 4.69) is 16.3 Å². The lowest BCUT2D eigenvalue weighted by atomic mass is 10.7. The van der Waals surface area contributed by atoms with E-state index in [4.69, 9.17) is 0 Å². The van der Waals surface area contributed by atoms with Crippen molar-refractivity contribution in [2.45, 2.75) is 0 Å². The molecule has 0 aromatic carbocycles. The topological polar surface area (TPSA) is 84.8 Å². The summed E-state index contributed by atoms with van der Waals surface area (Å²) in [4.78, 5) is 32.9. The number of nitrogens with one attached hydrogen (secondary N) is 1. The van der Waals surface area contributed by atoms with Gasteiger partial charge in [-0.25, -0.2) is 19.7 Å². The smallest absolute Gasteiger partial charge is 0.415 e. The van der Waals surface area contributed by atoms with Crippen LogP contribution in [0, 0.1) is 0 Å². The molecule has 0 aromatic heterocycles. The first-order chi connectivity index (χ1) is 5.70. The van der Waals surface area contributed by atoms with Crippen molar-refractivity contribution < 1.29 is 19.1 Å². The van der Waals surface area contributed by atoms with Crippen LogP contribution in [0.15, 0.2) is 17.6 Å². The van der Waals surface area contributed by atoms with Gasteiger partial charge in [-0.1, -0.05) is 12.7 Å². The highest BCUT2D eigenvalue weighted by Crippen LogP contribution is 1.79. The average Bonchev–Trinajstić information content (AvgIpc) is 2.01. The number of alkyl carbamates (subject to hydrolysis) is 1. The average molecular weight is 170 g/mol. The predicted molar refractivity (Wildman–Crippen MR) is 38.2 cm³/mol. The Bertz CT molecular complexity index is 242. The molecule has 3 amide bonds. The Morgan fingerprint density at radius 1 is 1.67 bits per heavy atom. The normalized spacial score (nSPS) is 7.67. The molecule has 1 N–H and O–H groups in total. The van der Waals surface area contributed by atoms with Crippen LogP contribution in [0.4, 0.5) is 9.59 Å². The number of amides is 3. The van der Waals surface area contributed by atoms with E-state index >= 15 is 0 Å². The summed E-state index contributed by atoms with van der Waals surface area (Å²) in [6, 6.07) is -1.11. The van der Waals surface area contributed by atoms with Crippen molar-refractivity contribution in [1.82, 2.24) is 5.32 Å². The van der Waals surface area contributed by atoms with Gasteiger partial charge in [0.15, 0.2) is 0 Å². The summed E-state index contributed by atoms with van der Waals surface area (Å²) < 4.78 is 4.33. The second-order valence-electron chi connectivity index (χ2n) is 1.52. The lowest BCUT2D eigenvalue weighted by Crippen LogP contribution is -2.28. The SMILES string of the molecule is C=CCOC(=O)NC(=O)N=C=O. The number of hydrogen-bond acceptors (Lipinski definition) is 4. The van der Waals surface area contributed by atoms with Crippen molar-refractivity contribution in [2.75, 3.05) is 6.61 Å². The third-order valence-electron chi connectivity index (χ3n) is 0.688. The Labute approximate surface area is 67.9 Å². The van der Waals surface area contributed by atoms with Crippen LogP contribution in [0.3, 0.4) is 0 Å². The van der Waals surface area contributed by atoms with Crippen molar-refractivity contribution in [3.63, 3.8) is 0 Å². The highest BCUT2D eigenvalue weighted by atomic mass is 16.5. The van der Waals surface area contributed by atoms with E-state index < -0.39 is 12.1 Å². The minimum Gasteiger partial charge on any atom is -0.445 e. The molecule has 0 aliphatic carbocycles. The number of carbonyl (C=O) groups is 2. The Morgan fingerprint density at radius 3 is 2.83 bits per heavy atom. The molecular weight excluding hydrogens is 164 g/mol. The lowest BCUT2D eigenvalue weighted by Gasteiger charge is -1.98. The molecule has 0 radical (unpaired) electrons. The molecule has 0 aliphatic rings. The predicted octanol–water partition coefficient (Wildman–Crippen LogP) is 0.354. The van der Waals surface area contributed by atoms with E-state index in [0.717, 1.165) is 6.08 Å². The van der Waals surface area contributed by atoms with E-state index in [1.807, 2.05) is 0 Å². The van der Waals surface area contributed by atoms with Gasteiger partial charge in [0.2, 0.25) is 6.08 Å². The number of nitrogens with zero attached hydrogens (tertiary/aromatic N) is 1. The minimum atomic E-state index is -1.11. The van der Waals surface area contributed by atoms with Crippen molar-refractivity contribution in [3.05, 3.63) is 12.7 Å². The van der Waals surface area contributed by atoms with Gasteiger partial charge in [-0.2, -0.15) is 0 Å². The van der Waals surface area contributed by atoms with E-state index in [1.165, 1.54) is 6.08 Å². The molecule has 0 bridgehead atoms. The van der Waals surface area contributed by atoms with Crippen LogP contribution in [0.2, 0.25) is 0 Å². The van der Waals surface area contributed by atoms with Crippen molar-refractivity contribution in [3.8, 4) is 0 Å². The fourth-order valence-corrected chi connectivity index (χ4v) is 0.327. The second-order valence-corrected chi connectivity index (χ2v) is 1.52. The fraction of sp³-hybridized carbons (Fsp3) is 0.167. The summed E-state index contributed by atoms with van der Waals surface area (Å²) in [5, 5.41) is 1.64. The molecular formula is C6H6N2O4. The van der Waals surface area contributed by atoms with Crippen LogP contribution in [-0.4, -0.2) is 24.8 Å². The van der Waals surface area contributed by atoms with E-state index in [9.17, 15) is 14.4 Å². The fourth-order valence-electron chi connectivity index (χ4n) is 0.327. The number of ether oxygens (including phenoxy) is 1. The summed E-state index contributed by atoms with van der Waals surface area (Å²) in [6.07, 6.45) is 1.30. The van der Waals surface area contributed by atoms with Gasteiger partial charge in [0.25, 0.3) is 0 Å². The monoisotopic (exact) mass is 170 g/mol. The zero-order chi connectivity index (χ0) is 9.40. The van der Waals surface area contributed by atoms with Gasteiger partial charge in [-0.05, 0) is 0 Å². The second kappa shape index (κ2) is 5.82. The summed E-state index contributed by atoms with van der Waals surface area (Å²) in [7, 11) is 0. The first-order valence-corrected chi connectivity index (χ1v) is 2.87. The standard InChI is InChI=1S/C6H6N2O4/c1-2-3-12-6(11)8-5(10)7-4-9/h2H,1,3H2,(H,8,10,11). The van der Waals surface area contributed by atoms with Crippen LogP contribution < -0.4 is 5.32 Å². The van der Waals surface area contributed by atoms with Crippen LogP contribution in [0.1, 0.15) is 0 Å². The Hall–Kier alpha value is -1.94. The van der Waals surface area contributed by atoms with Gasteiger partial charge in [0.1, 0.15) is 6.61 Å². The van der Waals surface area contributed by atoms with Crippen LogP contribution in [0.5, 0.6) is 0 Å². The highest BCUT2D eigenvalue weighted by Gasteiger charge is 2.05. The zero-order valence-electron chi connectivity index (χ0n) is 6.07. The summed E-state index contributed by atoms with van der Waals surface area (Å²) in [5.41, 5.74) is 0. The third kappa shape index (κ3) is 4.89. The first-order valence-electron chi connectivity index (χ1n) is 2.87. The summed E-state index contributed by atoms with van der Waals surface area (Å²) >= 11 is 0. The molecule has 12 heavy (non-hydrogen) atoms. The number of urea groups is 1. The van der Waals surface area contributed by atoms with Crippen molar-refractivity contribution >= 4 is 18.2 Å². The summed E-state index contributed by atoms with van der Waals surface area (Å²) in [5.74, 6) is 0. The molecule has 0 aromatic rings. The first kappa shape index (κ1) is 10.1. The third-order valence-corrected chi connectivity index (χ3v) is 0.688. The molecule has 0 saturated carbocycles. The minimum absolute atomic E-state index is 0.0239. The number of carbonyl (C=O) groups excluding carboxylic acids is 3. The van der Waals surface area contributed by atoms with Gasteiger partial charge >= 0.3 is 12.1 Å². The molecule has 0 rings (SSSR count). The van der Waals surface area contributed by atoms with Gasteiger partial charge in [-0.15, -0.1) is 4.99 Å². The van der Waals surface area contributed by atoms with E-state index in [0.29, 0.717) is 0 Å². The lowest BCUT2D eigenvalue weighted by molar-refractivity contribution is 0.159. The molecule has 0 spiro atoms. The van der Waals surface area contributed by atoms with Crippen LogP contribution in [-0.2, 0) is 9.53 Å². The Balaban J connectivity index is 3.76. The van der Waals surface area contributed by atoms with Crippen molar-refractivity contribution in [2.24, 2.45) is 4.99 Å². The molecule has 64 valence electrons. The molecule has 0 atom stereocenters. The van der Waals surface area contributed by atoms with Gasteiger partial charge in [0.05, 0.1) is 0 Å².